The summed E-state index contributed by atoms with van der Waals surface area (Å²) in [5.41, 5.74) is 6.06. The molecule has 3 N–H and O–H groups in total. The highest BCUT2D eigenvalue weighted by Gasteiger charge is 2.08. The molecule has 0 aliphatic heterocycles. The molecule has 0 fully saturated rings. The average Bonchev–Trinajstić information content (AvgIpc) is 2.98. The molecule has 2 rings (SSSR count). The van der Waals surface area contributed by atoms with Crippen LogP contribution < -0.4 is 11.1 Å². The van der Waals surface area contributed by atoms with Gasteiger partial charge in [-0.25, -0.2) is 0 Å². The largest absolute Gasteiger partial charge is 0.465 e. The van der Waals surface area contributed by atoms with Crippen LogP contribution in [0.15, 0.2) is 64.9 Å². The third-order valence-electron chi connectivity index (χ3n) is 2.58. The Morgan fingerprint density at radius 3 is 2.48 bits per heavy atom. The van der Waals surface area contributed by atoms with Crippen molar-refractivity contribution >= 4 is 24.0 Å². The first kappa shape index (κ1) is 14.3. The fourth-order valence-electron chi connectivity index (χ4n) is 1.59. The minimum atomic E-state index is -0.743. The summed E-state index contributed by atoms with van der Waals surface area (Å²) in [5, 5.41) is 2.43. The summed E-state index contributed by atoms with van der Waals surface area (Å²) in [6.07, 6.45) is 5.80. The van der Waals surface area contributed by atoms with E-state index in [1.807, 2.05) is 30.3 Å². The molecule has 2 amide bonds. The average molecular weight is 282 g/mol. The fourth-order valence-corrected chi connectivity index (χ4v) is 1.59. The summed E-state index contributed by atoms with van der Waals surface area (Å²) in [5.74, 6) is -0.764. The topological polar surface area (TPSA) is 85.3 Å². The molecule has 1 heterocycles. The molecule has 0 aliphatic carbocycles. The van der Waals surface area contributed by atoms with Crippen molar-refractivity contribution in [3.63, 3.8) is 0 Å². The van der Waals surface area contributed by atoms with E-state index in [0.717, 1.165) is 5.56 Å². The van der Waals surface area contributed by atoms with Gasteiger partial charge in [-0.2, -0.15) is 0 Å². The second-order valence-electron chi connectivity index (χ2n) is 4.17. The van der Waals surface area contributed by atoms with Gasteiger partial charge < -0.3 is 15.5 Å². The molecule has 0 bridgehead atoms. The number of hydrogen-bond acceptors (Lipinski definition) is 3. The molecule has 1 aromatic heterocycles. The van der Waals surface area contributed by atoms with Crippen molar-refractivity contribution in [2.75, 3.05) is 0 Å². The highest BCUT2D eigenvalue weighted by molar-refractivity contribution is 6.03. The van der Waals surface area contributed by atoms with E-state index in [2.05, 4.69) is 5.32 Å². The van der Waals surface area contributed by atoms with E-state index in [9.17, 15) is 9.59 Å². The normalized spacial score (nSPS) is 11.5. The number of hydrogen-bond donors (Lipinski definition) is 2. The van der Waals surface area contributed by atoms with Crippen molar-refractivity contribution < 1.29 is 14.0 Å². The lowest BCUT2D eigenvalue weighted by Gasteiger charge is -2.03. The summed E-state index contributed by atoms with van der Waals surface area (Å²) < 4.78 is 5.07. The first-order chi connectivity index (χ1) is 10.1. The minimum Gasteiger partial charge on any atom is -0.465 e. The van der Waals surface area contributed by atoms with E-state index in [4.69, 9.17) is 10.2 Å². The summed E-state index contributed by atoms with van der Waals surface area (Å²) in [4.78, 5) is 23.1. The molecule has 0 unspecified atom stereocenters. The molecule has 5 nitrogen and oxygen atoms in total. The van der Waals surface area contributed by atoms with Gasteiger partial charge in [-0.3, -0.25) is 9.59 Å². The molecule has 5 heteroatoms. The monoisotopic (exact) mass is 282 g/mol. The third-order valence-corrected chi connectivity index (χ3v) is 2.58. The summed E-state index contributed by atoms with van der Waals surface area (Å²) in [7, 11) is 0. The number of nitrogens with two attached hydrogens (primary N) is 1. The number of carbonyl (C=O) groups is 2. The zero-order valence-electron chi connectivity index (χ0n) is 11.2. The second-order valence-corrected chi connectivity index (χ2v) is 4.17. The maximum Gasteiger partial charge on any atom is 0.265 e. The van der Waals surface area contributed by atoms with Crippen molar-refractivity contribution in [2.45, 2.75) is 0 Å². The first-order valence-electron chi connectivity index (χ1n) is 6.24. The van der Waals surface area contributed by atoms with Crippen molar-refractivity contribution in [3.05, 3.63) is 71.8 Å². The van der Waals surface area contributed by atoms with E-state index >= 15 is 0 Å². The number of benzene rings is 1. The smallest absolute Gasteiger partial charge is 0.265 e. The Hall–Kier alpha value is -3.08. The molecule has 0 atom stereocenters. The molecule has 0 spiro atoms. The zero-order chi connectivity index (χ0) is 15.1. The van der Waals surface area contributed by atoms with E-state index in [-0.39, 0.29) is 5.70 Å². The maximum atomic E-state index is 11.8. The number of primary amides is 1. The molecule has 21 heavy (non-hydrogen) atoms. The Balaban J connectivity index is 2.06. The minimum absolute atomic E-state index is 0.0346. The van der Waals surface area contributed by atoms with Gasteiger partial charge in [0.25, 0.3) is 5.91 Å². The summed E-state index contributed by atoms with van der Waals surface area (Å²) in [6, 6.07) is 12.6. The molecule has 0 saturated carbocycles. The van der Waals surface area contributed by atoms with Crippen molar-refractivity contribution in [1.29, 1.82) is 0 Å². The van der Waals surface area contributed by atoms with Gasteiger partial charge in [0.05, 0.1) is 6.26 Å². The second kappa shape index (κ2) is 6.91. The van der Waals surface area contributed by atoms with Crippen molar-refractivity contribution in [1.82, 2.24) is 5.32 Å². The van der Waals surface area contributed by atoms with Gasteiger partial charge in [0.1, 0.15) is 11.5 Å². The van der Waals surface area contributed by atoms with Gasteiger partial charge >= 0.3 is 0 Å². The standard InChI is InChI=1S/C16H14N2O3/c17-16(20)14(11-13-7-4-10-21-13)18-15(19)9-8-12-5-2-1-3-6-12/h1-11H,(H2,17,20)(H,18,19)/b9-8+,14-11+. The van der Waals surface area contributed by atoms with Gasteiger partial charge in [0.15, 0.2) is 0 Å². The quantitative estimate of drug-likeness (QED) is 0.822. The summed E-state index contributed by atoms with van der Waals surface area (Å²) in [6.45, 7) is 0. The summed E-state index contributed by atoms with van der Waals surface area (Å²) >= 11 is 0. The van der Waals surface area contributed by atoms with Crippen LogP contribution in [0, 0.1) is 0 Å². The Labute approximate surface area is 121 Å². The van der Waals surface area contributed by atoms with Crippen molar-refractivity contribution in [2.24, 2.45) is 5.73 Å². The van der Waals surface area contributed by atoms with Gasteiger partial charge in [0.2, 0.25) is 5.91 Å². The number of nitrogens with one attached hydrogen (secondary N) is 1. The number of rotatable bonds is 5. The molecule has 106 valence electrons. The van der Waals surface area contributed by atoms with Crippen LogP contribution in [0.5, 0.6) is 0 Å². The van der Waals surface area contributed by atoms with E-state index in [1.54, 1.807) is 18.2 Å². The van der Waals surface area contributed by atoms with E-state index in [0.29, 0.717) is 5.76 Å². The lowest BCUT2D eigenvalue weighted by Crippen LogP contribution is -2.29. The number of furan rings is 1. The van der Waals surface area contributed by atoms with Crippen LogP contribution in [0.25, 0.3) is 12.2 Å². The molecular weight excluding hydrogens is 268 g/mol. The van der Waals surface area contributed by atoms with Crippen molar-refractivity contribution in [3.8, 4) is 0 Å². The molecular formula is C16H14N2O3. The van der Waals surface area contributed by atoms with Gasteiger partial charge in [-0.15, -0.1) is 0 Å². The van der Waals surface area contributed by atoms with Crippen LogP contribution in [0.2, 0.25) is 0 Å². The number of amides is 2. The van der Waals surface area contributed by atoms with Crippen LogP contribution >= 0.6 is 0 Å². The van der Waals surface area contributed by atoms with E-state index < -0.39 is 11.8 Å². The predicted octanol–water partition coefficient (Wildman–Crippen LogP) is 1.94. The SMILES string of the molecule is NC(=O)/C(=C\c1ccco1)NC(=O)/C=C/c1ccccc1. The van der Waals surface area contributed by atoms with Crippen LogP contribution in [-0.2, 0) is 9.59 Å². The predicted molar refractivity (Wildman–Crippen MR) is 79.5 cm³/mol. The molecule has 0 aliphatic rings. The van der Waals surface area contributed by atoms with Crippen LogP contribution in [-0.4, -0.2) is 11.8 Å². The van der Waals surface area contributed by atoms with Gasteiger partial charge in [-0.05, 0) is 23.8 Å². The third kappa shape index (κ3) is 4.50. The van der Waals surface area contributed by atoms with Crippen LogP contribution in [0.1, 0.15) is 11.3 Å². The van der Waals surface area contributed by atoms with Gasteiger partial charge in [-0.1, -0.05) is 30.3 Å². The molecule has 0 saturated heterocycles. The first-order valence-corrected chi connectivity index (χ1v) is 6.24. The zero-order valence-corrected chi connectivity index (χ0v) is 11.2. The van der Waals surface area contributed by atoms with Gasteiger partial charge in [0, 0.05) is 12.2 Å². The molecule has 1 aromatic carbocycles. The maximum absolute atomic E-state index is 11.8. The molecule has 0 radical (unpaired) electrons. The molecule has 2 aromatic rings. The Bertz CT molecular complexity index is 671. The van der Waals surface area contributed by atoms with Crippen LogP contribution in [0.3, 0.4) is 0 Å². The highest BCUT2D eigenvalue weighted by atomic mass is 16.3. The lowest BCUT2D eigenvalue weighted by atomic mass is 10.2. The lowest BCUT2D eigenvalue weighted by molar-refractivity contribution is -0.119. The number of carbonyl (C=O) groups excluding carboxylic acids is 2. The fraction of sp³-hybridized carbons (Fsp3) is 0. The highest BCUT2D eigenvalue weighted by Crippen LogP contribution is 2.06. The Kier molecular flexibility index (Phi) is 4.71. The van der Waals surface area contributed by atoms with Crippen LogP contribution in [0.4, 0.5) is 0 Å². The Morgan fingerprint density at radius 1 is 1.10 bits per heavy atom. The Morgan fingerprint density at radius 2 is 1.86 bits per heavy atom. The van der Waals surface area contributed by atoms with E-state index in [1.165, 1.54) is 18.4 Å².